The van der Waals surface area contributed by atoms with Gasteiger partial charge >= 0.3 is 0 Å². The third-order valence-electron chi connectivity index (χ3n) is 5.14. The van der Waals surface area contributed by atoms with Crippen molar-refractivity contribution in [2.45, 2.75) is 57.4 Å². The monoisotopic (exact) mass is 411 g/mol. The molecular formula is C20H26FN9. The van der Waals surface area contributed by atoms with E-state index in [1.54, 1.807) is 12.3 Å². The number of nitrogens with one attached hydrogen (secondary N) is 4. The topological polar surface area (TPSA) is 116 Å². The van der Waals surface area contributed by atoms with Gasteiger partial charge in [0, 0.05) is 28.5 Å². The van der Waals surface area contributed by atoms with E-state index in [2.05, 4.69) is 60.4 Å². The van der Waals surface area contributed by atoms with Gasteiger partial charge in [-0.25, -0.2) is 9.37 Å². The largest absolute Gasteiger partial charge is 0.364 e. The highest BCUT2D eigenvalue weighted by Gasteiger charge is 2.46. The van der Waals surface area contributed by atoms with Crippen molar-refractivity contribution in [3.05, 3.63) is 36.5 Å². The molecule has 3 aromatic rings. The summed E-state index contributed by atoms with van der Waals surface area (Å²) in [6, 6.07) is 8.92. The molecule has 1 aromatic carbocycles. The van der Waals surface area contributed by atoms with Gasteiger partial charge in [0.05, 0.1) is 6.04 Å². The summed E-state index contributed by atoms with van der Waals surface area (Å²) in [6.45, 7) is 7.94. The van der Waals surface area contributed by atoms with Crippen LogP contribution >= 0.6 is 0 Å². The summed E-state index contributed by atoms with van der Waals surface area (Å²) >= 11 is 0. The molecule has 0 amide bonds. The number of nitrogens with zero attached hydrogens (tertiary/aromatic N) is 5. The van der Waals surface area contributed by atoms with Gasteiger partial charge in [0.15, 0.2) is 0 Å². The van der Waals surface area contributed by atoms with Crippen LogP contribution in [0.15, 0.2) is 36.5 Å². The summed E-state index contributed by atoms with van der Waals surface area (Å²) in [4.78, 5) is 8.79. The second kappa shape index (κ2) is 7.60. The molecule has 1 fully saturated rings. The van der Waals surface area contributed by atoms with Crippen LogP contribution < -0.4 is 16.0 Å². The molecule has 0 saturated carbocycles. The SMILES string of the molecule is CC1(C)CC(Nc2ccnc(Nc3cccc(-c4nn[nH]n4)c3)n2)C(F)C(C)(C)N1. The first-order chi connectivity index (χ1) is 14.2. The maximum absolute atomic E-state index is 15.1. The minimum atomic E-state index is -1.07. The van der Waals surface area contributed by atoms with Crippen LogP contribution in [-0.4, -0.2) is 53.9 Å². The third-order valence-corrected chi connectivity index (χ3v) is 5.14. The van der Waals surface area contributed by atoms with Crippen molar-refractivity contribution in [3.63, 3.8) is 0 Å². The molecule has 4 N–H and O–H groups in total. The molecule has 2 unspecified atom stereocenters. The van der Waals surface area contributed by atoms with Crippen molar-refractivity contribution < 1.29 is 4.39 Å². The minimum Gasteiger partial charge on any atom is -0.364 e. The second-order valence-corrected chi connectivity index (χ2v) is 8.79. The first kappa shape index (κ1) is 20.1. The van der Waals surface area contributed by atoms with Crippen LogP contribution in [0.5, 0.6) is 0 Å². The Morgan fingerprint density at radius 2 is 2.00 bits per heavy atom. The zero-order valence-electron chi connectivity index (χ0n) is 17.4. The molecular weight excluding hydrogens is 385 g/mol. The van der Waals surface area contributed by atoms with Crippen LogP contribution in [0, 0.1) is 0 Å². The van der Waals surface area contributed by atoms with Crippen molar-refractivity contribution >= 4 is 17.5 Å². The van der Waals surface area contributed by atoms with Crippen molar-refractivity contribution in [3.8, 4) is 11.4 Å². The van der Waals surface area contributed by atoms with Crippen molar-refractivity contribution in [1.29, 1.82) is 0 Å². The fourth-order valence-corrected chi connectivity index (χ4v) is 4.11. The van der Waals surface area contributed by atoms with E-state index < -0.39 is 11.7 Å². The van der Waals surface area contributed by atoms with Gasteiger partial charge in [-0.3, -0.25) is 0 Å². The smallest absolute Gasteiger partial charge is 0.229 e. The Hall–Kier alpha value is -3.14. The highest BCUT2D eigenvalue weighted by atomic mass is 19.1. The average molecular weight is 411 g/mol. The minimum absolute atomic E-state index is 0.187. The Kier molecular flexibility index (Phi) is 5.10. The number of H-pyrrole nitrogens is 1. The number of anilines is 3. The van der Waals surface area contributed by atoms with Gasteiger partial charge < -0.3 is 16.0 Å². The average Bonchev–Trinajstić information content (AvgIpc) is 3.20. The van der Waals surface area contributed by atoms with Crippen molar-refractivity contribution in [1.82, 2.24) is 35.9 Å². The maximum Gasteiger partial charge on any atom is 0.229 e. The molecule has 0 aliphatic carbocycles. The number of rotatable bonds is 5. The molecule has 0 bridgehead atoms. The molecule has 2 atom stereocenters. The molecule has 4 rings (SSSR count). The number of aromatic nitrogens is 6. The molecule has 3 heterocycles. The molecule has 1 saturated heterocycles. The van der Waals surface area contributed by atoms with E-state index in [1.165, 1.54) is 0 Å². The molecule has 2 aromatic heterocycles. The van der Waals surface area contributed by atoms with E-state index in [0.29, 0.717) is 24.0 Å². The summed E-state index contributed by atoms with van der Waals surface area (Å²) in [7, 11) is 0. The Bertz CT molecular complexity index is 1000. The van der Waals surface area contributed by atoms with Crippen LogP contribution in [0.4, 0.5) is 21.8 Å². The van der Waals surface area contributed by atoms with E-state index in [9.17, 15) is 0 Å². The van der Waals surface area contributed by atoms with Gasteiger partial charge in [0.25, 0.3) is 0 Å². The van der Waals surface area contributed by atoms with Crippen LogP contribution in [0.1, 0.15) is 34.1 Å². The predicted octanol–water partition coefficient (Wildman–Crippen LogP) is 3.07. The molecule has 9 nitrogen and oxygen atoms in total. The van der Waals surface area contributed by atoms with Crippen LogP contribution in [0.25, 0.3) is 11.4 Å². The Labute approximate surface area is 174 Å². The molecule has 158 valence electrons. The lowest BCUT2D eigenvalue weighted by Gasteiger charge is -2.49. The van der Waals surface area contributed by atoms with E-state index in [1.807, 2.05) is 38.1 Å². The molecule has 10 heteroatoms. The van der Waals surface area contributed by atoms with Gasteiger partial charge in [-0.1, -0.05) is 12.1 Å². The zero-order valence-corrected chi connectivity index (χ0v) is 17.4. The molecule has 1 aliphatic rings. The molecule has 1 aliphatic heterocycles. The van der Waals surface area contributed by atoms with Gasteiger partial charge in [0.2, 0.25) is 11.8 Å². The predicted molar refractivity (Wildman–Crippen MR) is 113 cm³/mol. The van der Waals surface area contributed by atoms with Gasteiger partial charge in [-0.2, -0.15) is 10.2 Å². The van der Waals surface area contributed by atoms with Gasteiger partial charge in [0.1, 0.15) is 12.0 Å². The maximum atomic E-state index is 15.1. The summed E-state index contributed by atoms with van der Waals surface area (Å²) < 4.78 is 15.1. The molecule has 0 radical (unpaired) electrons. The van der Waals surface area contributed by atoms with E-state index in [-0.39, 0.29) is 11.6 Å². The summed E-state index contributed by atoms with van der Waals surface area (Å²) in [5.41, 5.74) is 0.765. The van der Waals surface area contributed by atoms with E-state index >= 15 is 4.39 Å². The lowest BCUT2D eigenvalue weighted by atomic mass is 9.78. The number of hydrogen-bond acceptors (Lipinski definition) is 8. The normalized spacial score (nSPS) is 22.4. The first-order valence-electron chi connectivity index (χ1n) is 9.86. The van der Waals surface area contributed by atoms with E-state index in [4.69, 9.17) is 0 Å². The fourth-order valence-electron chi connectivity index (χ4n) is 4.11. The number of hydrogen-bond donors (Lipinski definition) is 4. The Balaban J connectivity index is 1.50. The number of halogens is 1. The number of tetrazole rings is 1. The quantitative estimate of drug-likeness (QED) is 0.506. The van der Waals surface area contributed by atoms with E-state index in [0.717, 1.165) is 11.3 Å². The lowest BCUT2D eigenvalue weighted by Crippen LogP contribution is -2.67. The van der Waals surface area contributed by atoms with Crippen LogP contribution in [0.3, 0.4) is 0 Å². The van der Waals surface area contributed by atoms with Crippen LogP contribution in [-0.2, 0) is 0 Å². The Morgan fingerprint density at radius 1 is 1.17 bits per heavy atom. The van der Waals surface area contributed by atoms with Gasteiger partial charge in [-0.05, 0) is 57.5 Å². The molecule has 30 heavy (non-hydrogen) atoms. The number of piperidine rings is 1. The summed E-state index contributed by atoms with van der Waals surface area (Å²) in [6.07, 6.45) is 1.21. The van der Waals surface area contributed by atoms with Crippen LogP contribution in [0.2, 0.25) is 0 Å². The van der Waals surface area contributed by atoms with Crippen molar-refractivity contribution in [2.75, 3.05) is 10.6 Å². The highest BCUT2D eigenvalue weighted by Crippen LogP contribution is 2.32. The number of aromatic amines is 1. The standard InChI is InChI=1S/C20H26FN9/c1-19(2)11-14(16(21)20(3,4)28-19)24-15-8-9-22-18(25-15)23-13-7-5-6-12(10-13)17-26-29-30-27-17/h5-10,14,16,28H,11H2,1-4H3,(H2,22,23,24,25)(H,26,27,29,30). The number of benzene rings is 1. The fraction of sp³-hybridized carbons (Fsp3) is 0.450. The number of alkyl halides is 1. The second-order valence-electron chi connectivity index (χ2n) is 8.79. The third kappa shape index (κ3) is 4.38. The summed E-state index contributed by atoms with van der Waals surface area (Å²) in [5, 5.41) is 23.8. The summed E-state index contributed by atoms with van der Waals surface area (Å²) in [5.74, 6) is 1.48. The highest BCUT2D eigenvalue weighted by molar-refractivity contribution is 5.64. The zero-order chi connectivity index (χ0) is 21.4. The Morgan fingerprint density at radius 3 is 2.77 bits per heavy atom. The van der Waals surface area contributed by atoms with Crippen molar-refractivity contribution in [2.24, 2.45) is 0 Å². The first-order valence-corrected chi connectivity index (χ1v) is 9.86. The lowest BCUT2D eigenvalue weighted by molar-refractivity contribution is 0.0655. The molecule has 0 spiro atoms. The van der Waals surface area contributed by atoms with Gasteiger partial charge in [-0.15, -0.1) is 10.2 Å².